The Morgan fingerprint density at radius 3 is 2.39 bits per heavy atom. The van der Waals surface area contributed by atoms with Gasteiger partial charge in [0.05, 0.1) is 5.69 Å². The first-order valence-electron chi connectivity index (χ1n) is 7.91. The number of aromatic amines is 1. The highest BCUT2D eigenvalue weighted by molar-refractivity contribution is 5.59. The first-order valence-corrected chi connectivity index (χ1v) is 7.91. The van der Waals surface area contributed by atoms with Crippen molar-refractivity contribution in [2.75, 3.05) is 29.9 Å². The van der Waals surface area contributed by atoms with Crippen molar-refractivity contribution in [1.82, 2.24) is 9.97 Å². The minimum atomic E-state index is -0.214. The molecule has 0 aliphatic carbocycles. The van der Waals surface area contributed by atoms with E-state index in [1.807, 2.05) is 24.3 Å². The van der Waals surface area contributed by atoms with E-state index in [0.717, 1.165) is 24.5 Å². The van der Waals surface area contributed by atoms with Gasteiger partial charge in [-0.05, 0) is 45.0 Å². The van der Waals surface area contributed by atoms with Gasteiger partial charge in [-0.2, -0.15) is 0 Å². The molecule has 124 valence electrons. The van der Waals surface area contributed by atoms with Crippen LogP contribution in [0, 0.1) is 6.92 Å². The van der Waals surface area contributed by atoms with Gasteiger partial charge in [0.15, 0.2) is 0 Å². The van der Waals surface area contributed by atoms with E-state index in [9.17, 15) is 4.79 Å². The summed E-state index contributed by atoms with van der Waals surface area (Å²) in [6.07, 6.45) is 0.313. The Bertz CT molecular complexity index is 691. The molecule has 0 saturated carbocycles. The van der Waals surface area contributed by atoms with Gasteiger partial charge in [-0.1, -0.05) is 0 Å². The summed E-state index contributed by atoms with van der Waals surface area (Å²) < 4.78 is 0. The van der Waals surface area contributed by atoms with Crippen LogP contribution in [-0.4, -0.2) is 34.8 Å². The lowest BCUT2D eigenvalue weighted by Gasteiger charge is -2.21. The number of hydrogen-bond donors (Lipinski definition) is 3. The summed E-state index contributed by atoms with van der Waals surface area (Å²) >= 11 is 0. The quantitative estimate of drug-likeness (QED) is 0.729. The van der Waals surface area contributed by atoms with Crippen LogP contribution in [0.5, 0.6) is 0 Å². The van der Waals surface area contributed by atoms with Gasteiger partial charge in [0.2, 0.25) is 5.95 Å². The van der Waals surface area contributed by atoms with Crippen LogP contribution in [0.15, 0.2) is 29.1 Å². The Morgan fingerprint density at radius 2 is 1.87 bits per heavy atom. The van der Waals surface area contributed by atoms with E-state index in [2.05, 4.69) is 34.0 Å². The molecule has 3 N–H and O–H groups in total. The molecule has 0 atom stereocenters. The highest BCUT2D eigenvalue weighted by Crippen LogP contribution is 2.19. The number of rotatable bonds is 7. The molecule has 6 heteroatoms. The number of aryl methyl sites for hydroxylation is 1. The molecule has 0 saturated heterocycles. The summed E-state index contributed by atoms with van der Waals surface area (Å²) in [5.41, 5.74) is 2.96. The molecular formula is C17H24N4O2. The highest BCUT2D eigenvalue weighted by atomic mass is 16.3. The number of hydrogen-bond acceptors (Lipinski definition) is 5. The lowest BCUT2D eigenvalue weighted by molar-refractivity contribution is 0.298. The molecule has 0 aliphatic heterocycles. The molecule has 6 nitrogen and oxygen atoms in total. The molecule has 2 aromatic rings. The van der Waals surface area contributed by atoms with Gasteiger partial charge in [0.25, 0.3) is 5.56 Å². The van der Waals surface area contributed by atoms with Crippen LogP contribution in [0.3, 0.4) is 0 Å². The molecule has 23 heavy (non-hydrogen) atoms. The van der Waals surface area contributed by atoms with E-state index >= 15 is 0 Å². The van der Waals surface area contributed by atoms with Crippen molar-refractivity contribution >= 4 is 17.3 Å². The molecule has 0 unspecified atom stereocenters. The molecule has 0 amide bonds. The number of benzene rings is 1. The summed E-state index contributed by atoms with van der Waals surface area (Å²) in [6, 6.07) is 8.01. The fraction of sp³-hybridized carbons (Fsp3) is 0.412. The zero-order valence-corrected chi connectivity index (χ0v) is 13.9. The predicted molar refractivity (Wildman–Crippen MR) is 93.7 cm³/mol. The van der Waals surface area contributed by atoms with Gasteiger partial charge in [-0.15, -0.1) is 0 Å². The number of nitrogens with zero attached hydrogens (tertiary/aromatic N) is 2. The molecule has 0 fully saturated rings. The second-order valence-corrected chi connectivity index (χ2v) is 5.30. The van der Waals surface area contributed by atoms with E-state index in [1.54, 1.807) is 6.92 Å². The monoisotopic (exact) mass is 316 g/mol. The zero-order chi connectivity index (χ0) is 16.8. The second kappa shape index (κ2) is 7.78. The minimum Gasteiger partial charge on any atom is -0.396 e. The van der Waals surface area contributed by atoms with Crippen LogP contribution in [-0.2, 0) is 6.42 Å². The average molecular weight is 316 g/mol. The van der Waals surface area contributed by atoms with Crippen molar-refractivity contribution in [3.8, 4) is 0 Å². The number of nitrogens with one attached hydrogen (secondary N) is 2. The third-order valence-corrected chi connectivity index (χ3v) is 3.84. The Morgan fingerprint density at radius 1 is 1.22 bits per heavy atom. The van der Waals surface area contributed by atoms with Gasteiger partial charge in [-0.25, -0.2) is 4.98 Å². The molecule has 1 aromatic carbocycles. The molecule has 0 radical (unpaired) electrons. The van der Waals surface area contributed by atoms with E-state index < -0.39 is 0 Å². The number of aromatic nitrogens is 2. The predicted octanol–water partition coefficient (Wildman–Crippen LogP) is 2.20. The lowest BCUT2D eigenvalue weighted by atomic mass is 10.2. The van der Waals surface area contributed by atoms with Crippen molar-refractivity contribution < 1.29 is 5.11 Å². The number of anilines is 3. The second-order valence-electron chi connectivity index (χ2n) is 5.30. The standard InChI is InChI=1S/C17H24N4O2/c1-4-21(5-2)14-8-6-13(7-9-14)19-17-18-12(3)15(10-11-22)16(23)20-17/h6-9,22H,4-5,10-11H2,1-3H3,(H2,18,19,20,23). The third kappa shape index (κ3) is 4.10. The Hall–Kier alpha value is -2.34. The summed E-state index contributed by atoms with van der Waals surface area (Å²) in [4.78, 5) is 21.3. The number of aliphatic hydroxyl groups excluding tert-OH is 1. The summed E-state index contributed by atoms with van der Waals surface area (Å²) in [6.45, 7) is 7.88. The Kier molecular flexibility index (Phi) is 5.76. The average Bonchev–Trinajstić information content (AvgIpc) is 2.54. The molecular weight excluding hydrogens is 292 g/mol. The SMILES string of the molecule is CCN(CC)c1ccc(Nc2nc(C)c(CCO)c(=O)[nH]2)cc1. The lowest BCUT2D eigenvalue weighted by Crippen LogP contribution is -2.21. The number of aliphatic hydroxyl groups is 1. The third-order valence-electron chi connectivity index (χ3n) is 3.84. The largest absolute Gasteiger partial charge is 0.396 e. The summed E-state index contributed by atoms with van der Waals surface area (Å²) in [7, 11) is 0. The smallest absolute Gasteiger partial charge is 0.255 e. The molecule has 2 rings (SSSR count). The van der Waals surface area contributed by atoms with Gasteiger partial charge < -0.3 is 15.3 Å². The minimum absolute atomic E-state index is 0.0643. The Labute approximate surface area is 136 Å². The van der Waals surface area contributed by atoms with Crippen molar-refractivity contribution in [3.63, 3.8) is 0 Å². The van der Waals surface area contributed by atoms with E-state index in [4.69, 9.17) is 5.11 Å². The van der Waals surface area contributed by atoms with Gasteiger partial charge in [0.1, 0.15) is 0 Å². The van der Waals surface area contributed by atoms with Crippen LogP contribution in [0.1, 0.15) is 25.1 Å². The fourth-order valence-corrected chi connectivity index (χ4v) is 2.56. The van der Waals surface area contributed by atoms with Gasteiger partial charge >= 0.3 is 0 Å². The van der Waals surface area contributed by atoms with Crippen LogP contribution in [0.2, 0.25) is 0 Å². The van der Waals surface area contributed by atoms with E-state index in [-0.39, 0.29) is 12.2 Å². The topological polar surface area (TPSA) is 81.2 Å². The maximum Gasteiger partial charge on any atom is 0.255 e. The van der Waals surface area contributed by atoms with Crippen LogP contribution in [0.25, 0.3) is 0 Å². The van der Waals surface area contributed by atoms with Crippen molar-refractivity contribution in [1.29, 1.82) is 0 Å². The molecule has 1 heterocycles. The van der Waals surface area contributed by atoms with Crippen LogP contribution >= 0.6 is 0 Å². The molecule has 0 bridgehead atoms. The van der Waals surface area contributed by atoms with Crippen molar-refractivity contribution in [3.05, 3.63) is 45.9 Å². The molecule has 0 aliphatic rings. The van der Waals surface area contributed by atoms with Gasteiger partial charge in [-0.3, -0.25) is 9.78 Å². The first-order chi connectivity index (χ1) is 11.1. The van der Waals surface area contributed by atoms with Crippen LogP contribution in [0.4, 0.5) is 17.3 Å². The van der Waals surface area contributed by atoms with Crippen LogP contribution < -0.4 is 15.8 Å². The number of H-pyrrole nitrogens is 1. The zero-order valence-electron chi connectivity index (χ0n) is 13.9. The van der Waals surface area contributed by atoms with Gasteiger partial charge in [0, 0.05) is 43.1 Å². The van der Waals surface area contributed by atoms with E-state index in [1.165, 1.54) is 0 Å². The van der Waals surface area contributed by atoms with Crippen molar-refractivity contribution in [2.24, 2.45) is 0 Å². The maximum absolute atomic E-state index is 12.0. The first kappa shape index (κ1) is 17.0. The highest BCUT2D eigenvalue weighted by Gasteiger charge is 2.08. The maximum atomic E-state index is 12.0. The summed E-state index contributed by atoms with van der Waals surface area (Å²) in [5, 5.41) is 12.1. The van der Waals surface area contributed by atoms with E-state index in [0.29, 0.717) is 23.6 Å². The Balaban J connectivity index is 2.18. The van der Waals surface area contributed by atoms with Crippen molar-refractivity contribution in [2.45, 2.75) is 27.2 Å². The molecule has 1 aromatic heterocycles. The normalized spacial score (nSPS) is 10.6. The summed E-state index contributed by atoms with van der Waals surface area (Å²) in [5.74, 6) is 0.407. The fourth-order valence-electron chi connectivity index (χ4n) is 2.56. The molecule has 0 spiro atoms.